The van der Waals surface area contributed by atoms with Gasteiger partial charge in [-0.2, -0.15) is 0 Å². The van der Waals surface area contributed by atoms with E-state index in [4.69, 9.17) is 12.2 Å². The minimum atomic E-state index is -0.456. The highest BCUT2D eigenvalue weighted by Gasteiger charge is 2.37. The van der Waals surface area contributed by atoms with Gasteiger partial charge in [-0.05, 0) is 24.1 Å². The first-order valence-electron chi connectivity index (χ1n) is 7.59. The van der Waals surface area contributed by atoms with E-state index in [-0.39, 0.29) is 12.5 Å². The number of hydrogen-bond donors (Lipinski definition) is 1. The molecule has 0 saturated carbocycles. The number of aliphatic hydroxyl groups excluding tert-OH is 1. The van der Waals surface area contributed by atoms with Crippen molar-refractivity contribution in [3.05, 3.63) is 76.2 Å². The van der Waals surface area contributed by atoms with Gasteiger partial charge in [0.25, 0.3) is 5.91 Å². The molecule has 2 aromatic rings. The van der Waals surface area contributed by atoms with Crippen molar-refractivity contribution in [1.82, 2.24) is 4.90 Å². The van der Waals surface area contributed by atoms with Crippen molar-refractivity contribution >= 4 is 40.3 Å². The van der Waals surface area contributed by atoms with Crippen LogP contribution in [0.4, 0.5) is 0 Å². The van der Waals surface area contributed by atoms with Gasteiger partial charge >= 0.3 is 0 Å². The maximum atomic E-state index is 12.8. The van der Waals surface area contributed by atoms with Crippen molar-refractivity contribution < 1.29 is 9.90 Å². The summed E-state index contributed by atoms with van der Waals surface area (Å²) < 4.78 is 0.473. The molecule has 5 heteroatoms. The van der Waals surface area contributed by atoms with Gasteiger partial charge in [-0.1, -0.05) is 84.1 Å². The molecule has 3 rings (SSSR count). The molecule has 3 nitrogen and oxygen atoms in total. The predicted molar refractivity (Wildman–Crippen MR) is 102 cm³/mol. The molecule has 1 aliphatic rings. The number of thiocarbonyl (C=S) groups is 1. The van der Waals surface area contributed by atoms with Crippen LogP contribution in [-0.2, 0) is 4.79 Å². The molecule has 122 valence electrons. The summed E-state index contributed by atoms with van der Waals surface area (Å²) in [6.07, 6.45) is 1.85. The zero-order chi connectivity index (χ0) is 17.1. The van der Waals surface area contributed by atoms with E-state index in [2.05, 4.69) is 0 Å². The summed E-state index contributed by atoms with van der Waals surface area (Å²) in [4.78, 5) is 14.9. The molecule has 0 radical (unpaired) electrons. The molecule has 1 fully saturated rings. The van der Waals surface area contributed by atoms with Gasteiger partial charge in [-0.25, -0.2) is 0 Å². The van der Waals surface area contributed by atoms with Crippen LogP contribution < -0.4 is 0 Å². The van der Waals surface area contributed by atoms with E-state index in [1.54, 1.807) is 0 Å². The van der Waals surface area contributed by atoms with E-state index in [9.17, 15) is 9.90 Å². The third-order valence-corrected chi connectivity index (χ3v) is 5.20. The summed E-state index contributed by atoms with van der Waals surface area (Å²) in [7, 11) is 0. The van der Waals surface area contributed by atoms with Gasteiger partial charge in [0.2, 0.25) is 0 Å². The fraction of sp³-hybridized carbons (Fsp3) is 0.158. The fourth-order valence-corrected chi connectivity index (χ4v) is 3.93. The Kier molecular flexibility index (Phi) is 5.14. The van der Waals surface area contributed by atoms with Gasteiger partial charge in [0.15, 0.2) is 0 Å². The molecule has 1 aliphatic heterocycles. The Labute approximate surface area is 151 Å². The molecule has 1 atom stereocenters. The standard InChI is InChI=1S/C19H17NO2S2/c1-13-7-9-14(10-8-13)11-17-18(22)20(19(23)24-17)16(12-21)15-5-3-2-4-6-15/h2-11,16,21H,12H2,1H3/b17-11+. The number of aryl methyl sites for hydroxylation is 1. The highest BCUT2D eigenvalue weighted by molar-refractivity contribution is 8.26. The van der Waals surface area contributed by atoms with E-state index >= 15 is 0 Å². The molecule has 1 heterocycles. The van der Waals surface area contributed by atoms with Crippen molar-refractivity contribution in [2.45, 2.75) is 13.0 Å². The molecule has 1 saturated heterocycles. The zero-order valence-electron chi connectivity index (χ0n) is 13.2. The number of carbonyl (C=O) groups is 1. The molecule has 24 heavy (non-hydrogen) atoms. The van der Waals surface area contributed by atoms with Crippen molar-refractivity contribution in [2.75, 3.05) is 6.61 Å². The van der Waals surface area contributed by atoms with Gasteiger partial charge in [0, 0.05) is 0 Å². The molecule has 0 aliphatic carbocycles. The molecular formula is C19H17NO2S2. The Morgan fingerprint density at radius 2 is 1.83 bits per heavy atom. The Morgan fingerprint density at radius 1 is 1.17 bits per heavy atom. The highest BCUT2D eigenvalue weighted by atomic mass is 32.2. The predicted octanol–water partition coefficient (Wildman–Crippen LogP) is 3.93. The maximum absolute atomic E-state index is 12.8. The average molecular weight is 355 g/mol. The first-order chi connectivity index (χ1) is 11.6. The van der Waals surface area contributed by atoms with Crippen LogP contribution in [0.15, 0.2) is 59.5 Å². The van der Waals surface area contributed by atoms with Crippen LogP contribution in [0.1, 0.15) is 22.7 Å². The number of amides is 1. The summed E-state index contributed by atoms with van der Waals surface area (Å²) in [6, 6.07) is 17.0. The van der Waals surface area contributed by atoms with E-state index in [0.29, 0.717) is 9.23 Å². The summed E-state index contributed by atoms with van der Waals surface area (Å²) >= 11 is 6.67. The van der Waals surface area contributed by atoms with Crippen LogP contribution in [0.3, 0.4) is 0 Å². The SMILES string of the molecule is Cc1ccc(/C=C2/SC(=S)N(C(CO)c3ccccc3)C2=O)cc1. The second kappa shape index (κ2) is 7.30. The number of aliphatic hydroxyl groups is 1. The number of thioether (sulfide) groups is 1. The van der Waals surface area contributed by atoms with Crippen LogP contribution in [0.2, 0.25) is 0 Å². The van der Waals surface area contributed by atoms with Crippen molar-refractivity contribution in [1.29, 1.82) is 0 Å². The van der Waals surface area contributed by atoms with Gasteiger partial charge in [0.1, 0.15) is 4.32 Å². The summed E-state index contributed by atoms with van der Waals surface area (Å²) in [5.41, 5.74) is 3.00. The molecule has 2 aromatic carbocycles. The minimum Gasteiger partial charge on any atom is -0.394 e. The van der Waals surface area contributed by atoms with Crippen molar-refractivity contribution in [3.63, 3.8) is 0 Å². The Morgan fingerprint density at radius 3 is 2.46 bits per heavy atom. The molecule has 0 spiro atoms. The number of nitrogens with zero attached hydrogens (tertiary/aromatic N) is 1. The first kappa shape index (κ1) is 16.9. The third kappa shape index (κ3) is 3.43. The quantitative estimate of drug-likeness (QED) is 0.666. The maximum Gasteiger partial charge on any atom is 0.266 e. The number of rotatable bonds is 4. The summed E-state index contributed by atoms with van der Waals surface area (Å²) in [5, 5.41) is 9.80. The third-order valence-electron chi connectivity index (χ3n) is 3.87. The number of benzene rings is 2. The van der Waals surface area contributed by atoms with Crippen molar-refractivity contribution in [3.8, 4) is 0 Å². The van der Waals surface area contributed by atoms with E-state index in [1.165, 1.54) is 22.2 Å². The van der Waals surface area contributed by atoms with Crippen LogP contribution in [0.25, 0.3) is 6.08 Å². The topological polar surface area (TPSA) is 40.5 Å². The molecule has 0 aromatic heterocycles. The van der Waals surface area contributed by atoms with E-state index in [0.717, 1.165) is 11.1 Å². The summed E-state index contributed by atoms with van der Waals surface area (Å²) in [6.45, 7) is 1.85. The number of hydrogen-bond acceptors (Lipinski definition) is 4. The highest BCUT2D eigenvalue weighted by Crippen LogP contribution is 2.38. The van der Waals surface area contributed by atoms with Crippen LogP contribution in [-0.4, -0.2) is 26.8 Å². The van der Waals surface area contributed by atoms with Gasteiger partial charge < -0.3 is 5.11 Å². The van der Waals surface area contributed by atoms with Gasteiger partial charge in [-0.15, -0.1) is 0 Å². The lowest BCUT2D eigenvalue weighted by Gasteiger charge is -2.25. The van der Waals surface area contributed by atoms with E-state index in [1.807, 2.05) is 67.6 Å². The summed E-state index contributed by atoms with van der Waals surface area (Å²) in [5.74, 6) is -0.159. The average Bonchev–Trinajstić information content (AvgIpc) is 2.86. The normalized spacial score (nSPS) is 17.6. The van der Waals surface area contributed by atoms with Gasteiger partial charge in [0.05, 0.1) is 17.6 Å². The van der Waals surface area contributed by atoms with Crippen LogP contribution in [0.5, 0.6) is 0 Å². The van der Waals surface area contributed by atoms with Crippen molar-refractivity contribution in [2.24, 2.45) is 0 Å². The zero-order valence-corrected chi connectivity index (χ0v) is 14.8. The molecular weight excluding hydrogens is 338 g/mol. The fourth-order valence-electron chi connectivity index (χ4n) is 2.57. The Hall–Kier alpha value is -1.95. The number of carbonyl (C=O) groups excluding carboxylic acids is 1. The molecule has 1 unspecified atom stereocenters. The molecule has 1 N–H and O–H groups in total. The lowest BCUT2D eigenvalue weighted by atomic mass is 10.1. The second-order valence-electron chi connectivity index (χ2n) is 5.57. The Balaban J connectivity index is 1.90. The molecule has 1 amide bonds. The largest absolute Gasteiger partial charge is 0.394 e. The molecule has 0 bridgehead atoms. The van der Waals surface area contributed by atoms with Crippen LogP contribution >= 0.6 is 24.0 Å². The smallest absolute Gasteiger partial charge is 0.266 e. The van der Waals surface area contributed by atoms with E-state index < -0.39 is 6.04 Å². The van der Waals surface area contributed by atoms with Gasteiger partial charge in [-0.3, -0.25) is 9.69 Å². The lowest BCUT2D eigenvalue weighted by Crippen LogP contribution is -2.34. The van der Waals surface area contributed by atoms with Crippen LogP contribution in [0, 0.1) is 6.92 Å². The Bertz CT molecular complexity index is 785. The minimum absolute atomic E-state index is 0.159. The lowest BCUT2D eigenvalue weighted by molar-refractivity contribution is -0.124. The second-order valence-corrected chi connectivity index (χ2v) is 7.25. The first-order valence-corrected chi connectivity index (χ1v) is 8.82. The monoisotopic (exact) mass is 355 g/mol.